The molecule has 1 fully saturated rings. The van der Waals surface area contributed by atoms with Gasteiger partial charge in [-0.15, -0.1) is 0 Å². The van der Waals surface area contributed by atoms with Crippen molar-refractivity contribution in [3.63, 3.8) is 0 Å². The highest BCUT2D eigenvalue weighted by Gasteiger charge is 2.29. The molecule has 3 N–H and O–H groups in total. The number of nitrogens with zero attached hydrogens (tertiary/aromatic N) is 1. The smallest absolute Gasteiger partial charge is 0.114 e. The maximum atomic E-state index is 6.02. The van der Waals surface area contributed by atoms with Gasteiger partial charge in [0.05, 0.1) is 30.2 Å². The van der Waals surface area contributed by atoms with E-state index in [0.29, 0.717) is 13.2 Å². The van der Waals surface area contributed by atoms with E-state index in [-0.39, 0.29) is 12.0 Å². The molecule has 1 aromatic heterocycles. The van der Waals surface area contributed by atoms with Crippen LogP contribution in [-0.4, -0.2) is 29.2 Å². The summed E-state index contributed by atoms with van der Waals surface area (Å²) >= 11 is 0. The van der Waals surface area contributed by atoms with Crippen molar-refractivity contribution in [2.45, 2.75) is 25.8 Å². The molecule has 1 aliphatic heterocycles. The first-order valence-electron chi connectivity index (χ1n) is 5.95. The van der Waals surface area contributed by atoms with Crippen LogP contribution in [0, 0.1) is 13.8 Å². The fraction of sp³-hybridized carbons (Fsp3) is 0.462. The molecule has 0 amide bonds. The van der Waals surface area contributed by atoms with Gasteiger partial charge < -0.3 is 15.5 Å². The van der Waals surface area contributed by atoms with E-state index in [9.17, 15) is 0 Å². The van der Waals surface area contributed by atoms with E-state index < -0.39 is 0 Å². The van der Waals surface area contributed by atoms with Gasteiger partial charge in [-0.1, -0.05) is 6.07 Å². The van der Waals surface area contributed by atoms with Gasteiger partial charge in [0.2, 0.25) is 0 Å². The van der Waals surface area contributed by atoms with E-state index in [0.717, 1.165) is 16.9 Å². The zero-order chi connectivity index (χ0) is 12.0. The van der Waals surface area contributed by atoms with Crippen LogP contribution in [0.5, 0.6) is 0 Å². The number of aryl methyl sites for hydroxylation is 2. The zero-order valence-corrected chi connectivity index (χ0v) is 10.2. The zero-order valence-electron chi connectivity index (χ0n) is 10.2. The number of ether oxygens (including phenoxy) is 1. The second-order valence-electron chi connectivity index (χ2n) is 4.91. The normalized spacial score (nSPS) is 24.6. The standard InChI is InChI=1S/C13H17N3O/c1-7-3-8(2)12-11(4-7)15-13(16-12)9-5-17-6-10(9)14/h3-4,9-10H,5-6,14H2,1-2H3,(H,15,16). The molecule has 4 nitrogen and oxygen atoms in total. The van der Waals surface area contributed by atoms with Crippen LogP contribution >= 0.6 is 0 Å². The number of benzene rings is 1. The van der Waals surface area contributed by atoms with E-state index >= 15 is 0 Å². The lowest BCUT2D eigenvalue weighted by Crippen LogP contribution is -2.27. The van der Waals surface area contributed by atoms with Gasteiger partial charge in [-0.25, -0.2) is 4.98 Å². The van der Waals surface area contributed by atoms with Crippen LogP contribution in [0.3, 0.4) is 0 Å². The highest BCUT2D eigenvalue weighted by atomic mass is 16.5. The number of hydrogen-bond acceptors (Lipinski definition) is 3. The Labute approximate surface area is 100 Å². The molecule has 90 valence electrons. The summed E-state index contributed by atoms with van der Waals surface area (Å²) in [5.74, 6) is 1.15. The van der Waals surface area contributed by atoms with E-state index in [1.807, 2.05) is 0 Å². The Morgan fingerprint density at radius 1 is 1.35 bits per heavy atom. The molecular formula is C13H17N3O. The predicted molar refractivity (Wildman–Crippen MR) is 67.1 cm³/mol. The molecule has 1 aromatic carbocycles. The molecule has 3 rings (SSSR count). The minimum atomic E-state index is 0.0527. The van der Waals surface area contributed by atoms with Crippen LogP contribution in [-0.2, 0) is 4.74 Å². The third kappa shape index (κ3) is 1.73. The Balaban J connectivity index is 2.10. The average molecular weight is 231 g/mol. The molecule has 0 aliphatic carbocycles. The Hall–Kier alpha value is -1.39. The molecule has 2 unspecified atom stereocenters. The summed E-state index contributed by atoms with van der Waals surface area (Å²) in [6.07, 6.45) is 0. The number of aromatic nitrogens is 2. The number of imidazole rings is 1. The van der Waals surface area contributed by atoms with Crippen LogP contribution in [0.25, 0.3) is 11.0 Å². The number of fused-ring (bicyclic) bond motifs is 1. The highest BCUT2D eigenvalue weighted by Crippen LogP contribution is 2.26. The van der Waals surface area contributed by atoms with Gasteiger partial charge in [0.15, 0.2) is 0 Å². The van der Waals surface area contributed by atoms with Crippen molar-refractivity contribution in [2.24, 2.45) is 5.73 Å². The van der Waals surface area contributed by atoms with Crippen molar-refractivity contribution in [3.05, 3.63) is 29.1 Å². The van der Waals surface area contributed by atoms with Gasteiger partial charge in [-0.3, -0.25) is 0 Å². The molecule has 2 heterocycles. The lowest BCUT2D eigenvalue weighted by molar-refractivity contribution is 0.190. The SMILES string of the molecule is Cc1cc(C)c2nc(C3COCC3N)[nH]c2c1. The van der Waals surface area contributed by atoms with Crippen molar-refractivity contribution in [1.82, 2.24) is 9.97 Å². The second kappa shape index (κ2) is 3.82. The van der Waals surface area contributed by atoms with Gasteiger partial charge in [-0.05, 0) is 31.0 Å². The maximum Gasteiger partial charge on any atom is 0.114 e. The Morgan fingerprint density at radius 3 is 2.88 bits per heavy atom. The van der Waals surface area contributed by atoms with Crippen molar-refractivity contribution < 1.29 is 4.74 Å². The fourth-order valence-corrected chi connectivity index (χ4v) is 2.52. The third-order valence-electron chi connectivity index (χ3n) is 3.42. The molecule has 4 heteroatoms. The Bertz CT molecular complexity index is 561. The summed E-state index contributed by atoms with van der Waals surface area (Å²) in [6, 6.07) is 4.33. The first-order chi connectivity index (χ1) is 8.15. The summed E-state index contributed by atoms with van der Waals surface area (Å²) < 4.78 is 5.39. The highest BCUT2D eigenvalue weighted by molar-refractivity contribution is 5.79. The fourth-order valence-electron chi connectivity index (χ4n) is 2.52. The van der Waals surface area contributed by atoms with Crippen molar-refractivity contribution >= 4 is 11.0 Å². The molecule has 2 aromatic rings. The van der Waals surface area contributed by atoms with Crippen molar-refractivity contribution in [1.29, 1.82) is 0 Å². The van der Waals surface area contributed by atoms with Gasteiger partial charge in [0.1, 0.15) is 5.82 Å². The van der Waals surface area contributed by atoms with Crippen LogP contribution < -0.4 is 5.73 Å². The number of rotatable bonds is 1. The number of H-pyrrole nitrogens is 1. The summed E-state index contributed by atoms with van der Waals surface area (Å²) in [5, 5.41) is 0. The van der Waals surface area contributed by atoms with Gasteiger partial charge in [-0.2, -0.15) is 0 Å². The first kappa shape index (κ1) is 10.7. The summed E-state index contributed by atoms with van der Waals surface area (Å²) in [4.78, 5) is 8.05. The lowest BCUT2D eigenvalue weighted by Gasteiger charge is -2.08. The molecule has 0 spiro atoms. The van der Waals surface area contributed by atoms with Crippen LogP contribution in [0.1, 0.15) is 22.9 Å². The van der Waals surface area contributed by atoms with Gasteiger partial charge >= 0.3 is 0 Å². The molecule has 2 atom stereocenters. The largest absolute Gasteiger partial charge is 0.379 e. The quantitative estimate of drug-likeness (QED) is 0.784. The van der Waals surface area contributed by atoms with Crippen LogP contribution in [0.4, 0.5) is 0 Å². The monoisotopic (exact) mass is 231 g/mol. The summed E-state index contributed by atoms with van der Waals surface area (Å²) in [5.41, 5.74) is 10.6. The molecule has 17 heavy (non-hydrogen) atoms. The Kier molecular flexibility index (Phi) is 2.42. The number of hydrogen-bond donors (Lipinski definition) is 2. The maximum absolute atomic E-state index is 6.02. The lowest BCUT2D eigenvalue weighted by atomic mass is 10.0. The van der Waals surface area contributed by atoms with Gasteiger partial charge in [0.25, 0.3) is 0 Å². The summed E-state index contributed by atoms with van der Waals surface area (Å²) in [7, 11) is 0. The molecular weight excluding hydrogens is 214 g/mol. The second-order valence-corrected chi connectivity index (χ2v) is 4.91. The van der Waals surface area contributed by atoms with E-state index in [2.05, 4.69) is 35.9 Å². The molecule has 0 saturated carbocycles. The number of aromatic amines is 1. The first-order valence-corrected chi connectivity index (χ1v) is 5.95. The predicted octanol–water partition coefficient (Wildman–Crippen LogP) is 1.62. The average Bonchev–Trinajstić information content (AvgIpc) is 2.83. The van der Waals surface area contributed by atoms with E-state index in [1.165, 1.54) is 11.1 Å². The minimum absolute atomic E-state index is 0.0527. The molecule has 1 saturated heterocycles. The van der Waals surface area contributed by atoms with Crippen molar-refractivity contribution in [3.8, 4) is 0 Å². The minimum Gasteiger partial charge on any atom is -0.379 e. The van der Waals surface area contributed by atoms with E-state index in [1.54, 1.807) is 0 Å². The Morgan fingerprint density at radius 2 is 2.18 bits per heavy atom. The molecule has 0 radical (unpaired) electrons. The molecule has 1 aliphatic rings. The van der Waals surface area contributed by atoms with E-state index in [4.69, 9.17) is 10.5 Å². The topological polar surface area (TPSA) is 63.9 Å². The number of nitrogens with two attached hydrogens (primary N) is 1. The van der Waals surface area contributed by atoms with Crippen LogP contribution in [0.15, 0.2) is 12.1 Å². The third-order valence-corrected chi connectivity index (χ3v) is 3.42. The summed E-state index contributed by atoms with van der Waals surface area (Å²) in [6.45, 7) is 5.47. The van der Waals surface area contributed by atoms with Gasteiger partial charge in [0, 0.05) is 6.04 Å². The van der Waals surface area contributed by atoms with Crippen molar-refractivity contribution in [2.75, 3.05) is 13.2 Å². The van der Waals surface area contributed by atoms with Crippen LogP contribution in [0.2, 0.25) is 0 Å². The molecule has 0 bridgehead atoms. The number of nitrogens with one attached hydrogen (secondary N) is 1.